The van der Waals surface area contributed by atoms with Crippen molar-refractivity contribution in [2.24, 2.45) is 17.8 Å². The fraction of sp³-hybridized carbons (Fsp3) is 0.222. The molecule has 0 amide bonds. The topological polar surface area (TPSA) is 51.2 Å². The molecule has 3 nitrogen and oxygen atoms in total. The Morgan fingerprint density at radius 1 is 0.433 bits per heavy atom. The molecule has 0 saturated heterocycles. The molecule has 0 spiro atoms. The summed E-state index contributed by atoms with van der Waals surface area (Å²) in [6.07, 6.45) is 0. The van der Waals surface area contributed by atoms with Crippen LogP contribution < -0.4 is 0 Å². The molecule has 3 aromatic carbocycles. The standard InChI is InChI=1S/C27H24O3/c1-16-4-10-19(11-5-16)25(28)22-23(26(29)20-12-6-17(2)7-13-20)24(22)27(30)21-14-8-18(3)9-15-21/h4-15,22-24H,1-3H3. The lowest BCUT2D eigenvalue weighted by atomic mass is 10.0. The van der Waals surface area contributed by atoms with E-state index in [9.17, 15) is 14.4 Å². The summed E-state index contributed by atoms with van der Waals surface area (Å²) >= 11 is 0. The molecule has 1 aliphatic rings. The van der Waals surface area contributed by atoms with Crippen molar-refractivity contribution in [1.82, 2.24) is 0 Å². The van der Waals surface area contributed by atoms with Crippen LogP contribution in [0.4, 0.5) is 0 Å². The first-order valence-electron chi connectivity index (χ1n) is 10.2. The molecule has 0 N–H and O–H groups in total. The van der Waals surface area contributed by atoms with Gasteiger partial charge in [0.25, 0.3) is 0 Å². The summed E-state index contributed by atoms with van der Waals surface area (Å²) in [4.78, 5) is 39.6. The quantitative estimate of drug-likeness (QED) is 0.523. The smallest absolute Gasteiger partial charge is 0.167 e. The van der Waals surface area contributed by atoms with Crippen molar-refractivity contribution in [2.75, 3.05) is 0 Å². The highest BCUT2D eigenvalue weighted by Gasteiger charge is 2.62. The summed E-state index contributed by atoms with van der Waals surface area (Å²) in [7, 11) is 0. The third kappa shape index (κ3) is 3.76. The number of carbonyl (C=O) groups is 3. The minimum absolute atomic E-state index is 0.133. The van der Waals surface area contributed by atoms with E-state index in [1.165, 1.54) is 0 Å². The van der Waals surface area contributed by atoms with Gasteiger partial charge in [-0.2, -0.15) is 0 Å². The Balaban J connectivity index is 1.67. The number of Topliss-reactive ketones (excluding diaryl/α,β-unsaturated/α-hetero) is 3. The van der Waals surface area contributed by atoms with E-state index in [2.05, 4.69) is 0 Å². The van der Waals surface area contributed by atoms with Gasteiger partial charge in [-0.05, 0) is 20.8 Å². The molecule has 0 aromatic heterocycles. The first kappa shape index (κ1) is 20.0. The van der Waals surface area contributed by atoms with E-state index in [-0.39, 0.29) is 17.3 Å². The van der Waals surface area contributed by atoms with E-state index in [0.717, 1.165) is 16.7 Å². The molecule has 3 aromatic rings. The molecule has 3 heteroatoms. The van der Waals surface area contributed by atoms with Crippen LogP contribution in [0.2, 0.25) is 0 Å². The highest BCUT2D eigenvalue weighted by atomic mass is 16.1. The van der Waals surface area contributed by atoms with Gasteiger partial charge in [0.1, 0.15) is 0 Å². The van der Waals surface area contributed by atoms with Crippen molar-refractivity contribution in [3.63, 3.8) is 0 Å². The van der Waals surface area contributed by atoms with Crippen LogP contribution in [0.3, 0.4) is 0 Å². The van der Waals surface area contributed by atoms with Gasteiger partial charge in [0.2, 0.25) is 0 Å². The lowest BCUT2D eigenvalue weighted by Gasteiger charge is -2.02. The van der Waals surface area contributed by atoms with Gasteiger partial charge in [0.15, 0.2) is 17.3 Å². The SMILES string of the molecule is Cc1ccc(C(=O)C2C(C(=O)c3ccc(C)cc3)C2C(=O)c2ccc(C)cc2)cc1. The van der Waals surface area contributed by atoms with E-state index in [4.69, 9.17) is 0 Å². The Hall–Kier alpha value is -3.33. The number of ketones is 3. The molecule has 150 valence electrons. The fourth-order valence-electron chi connectivity index (χ4n) is 4.02. The van der Waals surface area contributed by atoms with E-state index in [0.29, 0.717) is 16.7 Å². The molecular formula is C27H24O3. The summed E-state index contributed by atoms with van der Waals surface area (Å²) in [6.45, 7) is 5.87. The van der Waals surface area contributed by atoms with Crippen molar-refractivity contribution in [2.45, 2.75) is 20.8 Å². The largest absolute Gasteiger partial charge is 0.294 e. The second-order valence-electron chi connectivity index (χ2n) is 8.27. The first-order chi connectivity index (χ1) is 14.4. The van der Waals surface area contributed by atoms with Crippen LogP contribution in [-0.2, 0) is 0 Å². The van der Waals surface area contributed by atoms with Gasteiger partial charge in [-0.15, -0.1) is 0 Å². The maximum absolute atomic E-state index is 13.2. The van der Waals surface area contributed by atoms with Crippen LogP contribution in [0.1, 0.15) is 47.8 Å². The number of hydrogen-bond donors (Lipinski definition) is 0. The molecule has 1 saturated carbocycles. The predicted octanol–water partition coefficient (Wildman–Crippen LogP) is 5.42. The first-order valence-corrected chi connectivity index (χ1v) is 10.2. The normalized spacial score (nSPS) is 19.9. The molecule has 1 aliphatic carbocycles. The molecule has 0 heterocycles. The number of aryl methyl sites for hydroxylation is 3. The second-order valence-corrected chi connectivity index (χ2v) is 8.27. The zero-order valence-electron chi connectivity index (χ0n) is 17.4. The zero-order chi connectivity index (χ0) is 21.4. The summed E-state index contributed by atoms with van der Waals surface area (Å²) in [5, 5.41) is 0. The van der Waals surface area contributed by atoms with Gasteiger partial charge in [0.05, 0.1) is 0 Å². The molecule has 0 unspecified atom stereocenters. The predicted molar refractivity (Wildman–Crippen MR) is 117 cm³/mol. The number of benzene rings is 3. The number of hydrogen-bond acceptors (Lipinski definition) is 3. The van der Waals surface area contributed by atoms with E-state index in [1.54, 1.807) is 36.4 Å². The Morgan fingerprint density at radius 2 is 0.633 bits per heavy atom. The third-order valence-electron chi connectivity index (χ3n) is 5.94. The van der Waals surface area contributed by atoms with E-state index >= 15 is 0 Å². The van der Waals surface area contributed by atoms with Crippen molar-refractivity contribution < 1.29 is 14.4 Å². The van der Waals surface area contributed by atoms with Crippen molar-refractivity contribution in [3.8, 4) is 0 Å². The van der Waals surface area contributed by atoms with Gasteiger partial charge in [0, 0.05) is 34.4 Å². The van der Waals surface area contributed by atoms with Gasteiger partial charge in [-0.1, -0.05) is 89.5 Å². The van der Waals surface area contributed by atoms with Crippen LogP contribution in [0, 0.1) is 38.5 Å². The van der Waals surface area contributed by atoms with Crippen LogP contribution in [-0.4, -0.2) is 17.3 Å². The minimum Gasteiger partial charge on any atom is -0.294 e. The van der Waals surface area contributed by atoms with E-state index < -0.39 is 17.8 Å². The average molecular weight is 396 g/mol. The molecule has 0 atom stereocenters. The molecule has 0 aliphatic heterocycles. The van der Waals surface area contributed by atoms with Gasteiger partial charge < -0.3 is 0 Å². The summed E-state index contributed by atoms with van der Waals surface area (Å²) in [6, 6.07) is 21.9. The van der Waals surface area contributed by atoms with Crippen molar-refractivity contribution >= 4 is 17.3 Å². The Kier molecular flexibility index (Phi) is 5.21. The highest BCUT2D eigenvalue weighted by Crippen LogP contribution is 2.51. The average Bonchev–Trinajstić information content (AvgIpc) is 3.49. The molecule has 4 rings (SSSR count). The lowest BCUT2D eigenvalue weighted by Crippen LogP contribution is -2.09. The zero-order valence-corrected chi connectivity index (χ0v) is 17.4. The van der Waals surface area contributed by atoms with Gasteiger partial charge in [-0.3, -0.25) is 14.4 Å². The lowest BCUT2D eigenvalue weighted by molar-refractivity contribution is 0.0906. The van der Waals surface area contributed by atoms with Crippen LogP contribution in [0.5, 0.6) is 0 Å². The van der Waals surface area contributed by atoms with Crippen molar-refractivity contribution in [1.29, 1.82) is 0 Å². The van der Waals surface area contributed by atoms with Gasteiger partial charge in [-0.25, -0.2) is 0 Å². The monoisotopic (exact) mass is 396 g/mol. The molecule has 0 bridgehead atoms. The Labute approximate surface area is 176 Å². The number of rotatable bonds is 6. The minimum atomic E-state index is -0.615. The molecular weight excluding hydrogens is 372 g/mol. The Morgan fingerprint density at radius 3 is 0.833 bits per heavy atom. The van der Waals surface area contributed by atoms with Crippen LogP contribution in [0.15, 0.2) is 72.8 Å². The Bertz CT molecular complexity index is 954. The summed E-state index contributed by atoms with van der Waals surface area (Å²) in [5.41, 5.74) is 4.82. The maximum Gasteiger partial charge on any atom is 0.167 e. The molecule has 0 radical (unpaired) electrons. The summed E-state index contributed by atoms with van der Waals surface area (Å²) in [5.74, 6) is -2.25. The van der Waals surface area contributed by atoms with E-state index in [1.807, 2.05) is 57.2 Å². The number of carbonyl (C=O) groups excluding carboxylic acids is 3. The van der Waals surface area contributed by atoms with Gasteiger partial charge >= 0.3 is 0 Å². The third-order valence-corrected chi connectivity index (χ3v) is 5.94. The van der Waals surface area contributed by atoms with Crippen LogP contribution >= 0.6 is 0 Å². The highest BCUT2D eigenvalue weighted by molar-refractivity contribution is 6.16. The fourth-order valence-corrected chi connectivity index (χ4v) is 4.02. The summed E-state index contributed by atoms with van der Waals surface area (Å²) < 4.78 is 0. The molecule has 1 fully saturated rings. The molecule has 30 heavy (non-hydrogen) atoms. The maximum atomic E-state index is 13.2. The van der Waals surface area contributed by atoms with Crippen LogP contribution in [0.25, 0.3) is 0 Å². The second kappa shape index (κ2) is 7.83. The van der Waals surface area contributed by atoms with Crippen molar-refractivity contribution in [3.05, 3.63) is 106 Å².